The zero-order chi connectivity index (χ0) is 23.4. The number of nitrogens with one attached hydrogen (secondary N) is 1. The van der Waals surface area contributed by atoms with E-state index in [1.165, 1.54) is 6.07 Å². The Bertz CT molecular complexity index is 1030. The minimum Gasteiger partial charge on any atom is -0.395 e. The lowest BCUT2D eigenvalue weighted by atomic mass is 9.74. The molecule has 2 amide bonds. The van der Waals surface area contributed by atoms with Gasteiger partial charge in [0.15, 0.2) is 0 Å². The van der Waals surface area contributed by atoms with Crippen LogP contribution in [0.1, 0.15) is 49.3 Å². The van der Waals surface area contributed by atoms with Gasteiger partial charge in [-0.15, -0.1) is 0 Å². The summed E-state index contributed by atoms with van der Waals surface area (Å²) in [6.07, 6.45) is 1.97. The molecule has 5 nitrogen and oxygen atoms in total. The van der Waals surface area contributed by atoms with Crippen LogP contribution in [0, 0.1) is 17.7 Å². The van der Waals surface area contributed by atoms with E-state index < -0.39 is 0 Å². The van der Waals surface area contributed by atoms with Crippen molar-refractivity contribution < 1.29 is 14.3 Å². The van der Waals surface area contributed by atoms with Gasteiger partial charge in [0.05, 0.1) is 12.2 Å². The van der Waals surface area contributed by atoms with E-state index in [0.717, 1.165) is 37.1 Å². The Morgan fingerprint density at radius 2 is 1.85 bits per heavy atom. The molecule has 2 heterocycles. The summed E-state index contributed by atoms with van der Waals surface area (Å²) >= 11 is 0. The fraction of sp³-hybridized carbons (Fsp3) is 0.444. The summed E-state index contributed by atoms with van der Waals surface area (Å²) in [5.41, 5.74) is 2.33. The molecular weight excluding hydrogens is 417 g/mol. The number of fused-ring (bicyclic) bond motifs is 1. The largest absolute Gasteiger partial charge is 0.395 e. The number of hydrogen-bond donors (Lipinski definition) is 2. The van der Waals surface area contributed by atoms with E-state index in [0.29, 0.717) is 12.1 Å². The van der Waals surface area contributed by atoms with E-state index in [-0.39, 0.29) is 42.5 Å². The first kappa shape index (κ1) is 23.3. The van der Waals surface area contributed by atoms with Gasteiger partial charge in [-0.3, -0.25) is 4.90 Å². The molecule has 2 saturated heterocycles. The third-order valence-electron chi connectivity index (χ3n) is 6.58. The first-order valence-electron chi connectivity index (χ1n) is 11.8. The monoisotopic (exact) mass is 449 g/mol. The van der Waals surface area contributed by atoms with Crippen LogP contribution in [0.5, 0.6) is 0 Å². The molecule has 3 atom stereocenters. The van der Waals surface area contributed by atoms with Gasteiger partial charge in [0.25, 0.3) is 0 Å². The quantitative estimate of drug-likeness (QED) is 0.705. The third kappa shape index (κ3) is 5.21. The molecule has 2 aromatic carbocycles. The minimum absolute atomic E-state index is 0.0168. The highest BCUT2D eigenvalue weighted by Gasteiger charge is 2.49. The summed E-state index contributed by atoms with van der Waals surface area (Å²) < 4.78 is 13.8. The highest BCUT2D eigenvalue weighted by atomic mass is 19.1. The van der Waals surface area contributed by atoms with Crippen LogP contribution in [-0.4, -0.2) is 65.3 Å². The number of rotatable bonds is 3. The summed E-state index contributed by atoms with van der Waals surface area (Å²) in [7, 11) is 0. The Labute approximate surface area is 195 Å². The Morgan fingerprint density at radius 3 is 2.55 bits per heavy atom. The predicted octanol–water partition coefficient (Wildman–Crippen LogP) is 3.57. The molecule has 2 aliphatic rings. The highest BCUT2D eigenvalue weighted by Crippen LogP contribution is 2.41. The zero-order valence-corrected chi connectivity index (χ0v) is 19.3. The average Bonchev–Trinajstić information content (AvgIpc) is 2.78. The van der Waals surface area contributed by atoms with Crippen molar-refractivity contribution in [3.05, 3.63) is 71.0 Å². The van der Waals surface area contributed by atoms with Crippen molar-refractivity contribution in [1.82, 2.24) is 15.1 Å². The molecule has 0 aromatic heterocycles. The molecule has 2 aromatic rings. The maximum atomic E-state index is 13.8. The molecule has 0 saturated carbocycles. The highest BCUT2D eigenvalue weighted by molar-refractivity contribution is 5.74. The molecule has 4 rings (SSSR count). The summed E-state index contributed by atoms with van der Waals surface area (Å²) in [6.45, 7) is 6.38. The van der Waals surface area contributed by atoms with Crippen molar-refractivity contribution in [3.63, 3.8) is 0 Å². The van der Waals surface area contributed by atoms with Crippen LogP contribution in [0.4, 0.5) is 9.18 Å². The molecule has 0 unspecified atom stereocenters. The first-order chi connectivity index (χ1) is 16.0. The minimum atomic E-state index is -0.322. The zero-order valence-electron chi connectivity index (χ0n) is 19.3. The van der Waals surface area contributed by atoms with Crippen LogP contribution >= 0.6 is 0 Å². The smallest absolute Gasteiger partial charge is 0.317 e. The lowest BCUT2D eigenvalue weighted by Crippen LogP contribution is -2.68. The number of urea groups is 1. The number of carbonyl (C=O) groups excluding carboxylic acids is 1. The molecule has 0 bridgehead atoms. The topological polar surface area (TPSA) is 55.8 Å². The van der Waals surface area contributed by atoms with Crippen LogP contribution in [0.2, 0.25) is 0 Å². The van der Waals surface area contributed by atoms with Gasteiger partial charge in [-0.25, -0.2) is 9.18 Å². The Kier molecular flexibility index (Phi) is 7.32. The van der Waals surface area contributed by atoms with Crippen LogP contribution in [0.15, 0.2) is 48.5 Å². The fourth-order valence-corrected chi connectivity index (χ4v) is 4.95. The third-order valence-corrected chi connectivity index (χ3v) is 6.58. The molecular formula is C27H32FN3O2. The standard InChI is InChI=1S/C27H32FN3O2/c1-19(2)29-27(33)30-15-5-6-16-31-24(17-30)26(25(31)18-32)22-13-10-20(11-14-22)9-12-21-7-3-4-8-23(21)28/h3-4,7-8,10-11,13-14,19,24-26,32H,5-6,15-18H2,1-2H3,(H,29,33)/t24-,25+,26+/m1/s1. The number of carbonyl (C=O) groups is 1. The van der Waals surface area contributed by atoms with Gasteiger partial charge in [0, 0.05) is 42.7 Å². The number of aliphatic hydroxyl groups excluding tert-OH is 1. The van der Waals surface area contributed by atoms with Crippen LogP contribution < -0.4 is 5.32 Å². The second kappa shape index (κ2) is 10.4. The maximum Gasteiger partial charge on any atom is 0.317 e. The summed E-state index contributed by atoms with van der Waals surface area (Å²) in [6, 6.07) is 14.8. The number of benzene rings is 2. The summed E-state index contributed by atoms with van der Waals surface area (Å²) in [5, 5.41) is 13.1. The van der Waals surface area contributed by atoms with E-state index >= 15 is 0 Å². The van der Waals surface area contributed by atoms with E-state index in [1.807, 2.05) is 43.0 Å². The van der Waals surface area contributed by atoms with Crippen molar-refractivity contribution in [1.29, 1.82) is 0 Å². The first-order valence-corrected chi connectivity index (χ1v) is 11.8. The molecule has 6 heteroatoms. The van der Waals surface area contributed by atoms with Crippen molar-refractivity contribution in [2.75, 3.05) is 26.2 Å². The second-order valence-corrected chi connectivity index (χ2v) is 9.19. The second-order valence-electron chi connectivity index (χ2n) is 9.19. The Balaban J connectivity index is 1.52. The molecule has 2 aliphatic heterocycles. The number of hydrogen-bond acceptors (Lipinski definition) is 3. The SMILES string of the molecule is CC(C)NC(=O)N1CCCCN2[C@H](C1)[C@H](c1ccc(C#Cc3ccccc3F)cc1)[C@@H]2CO. The molecule has 0 radical (unpaired) electrons. The summed E-state index contributed by atoms with van der Waals surface area (Å²) in [4.78, 5) is 17.0. The van der Waals surface area contributed by atoms with Crippen LogP contribution in [-0.2, 0) is 0 Å². The van der Waals surface area contributed by atoms with Crippen LogP contribution in [0.25, 0.3) is 0 Å². The lowest BCUT2D eigenvalue weighted by Gasteiger charge is -2.57. The van der Waals surface area contributed by atoms with Gasteiger partial charge in [0.2, 0.25) is 0 Å². The van der Waals surface area contributed by atoms with Crippen molar-refractivity contribution in [2.24, 2.45) is 0 Å². The van der Waals surface area contributed by atoms with E-state index in [4.69, 9.17) is 0 Å². The number of aliphatic hydroxyl groups is 1. The predicted molar refractivity (Wildman–Crippen MR) is 127 cm³/mol. The molecule has 0 aliphatic carbocycles. The Hall–Kier alpha value is -2.88. The fourth-order valence-electron chi connectivity index (χ4n) is 4.95. The number of halogens is 1. The number of nitrogens with zero attached hydrogens (tertiary/aromatic N) is 2. The molecule has 33 heavy (non-hydrogen) atoms. The molecule has 0 spiro atoms. The van der Waals surface area contributed by atoms with E-state index in [1.54, 1.807) is 18.2 Å². The number of amides is 2. The Morgan fingerprint density at radius 1 is 1.12 bits per heavy atom. The van der Waals surface area contributed by atoms with Gasteiger partial charge < -0.3 is 15.3 Å². The van der Waals surface area contributed by atoms with Gasteiger partial charge >= 0.3 is 6.03 Å². The normalized spacial score (nSPS) is 22.9. The molecule has 174 valence electrons. The lowest BCUT2D eigenvalue weighted by molar-refractivity contribution is -0.0591. The van der Waals surface area contributed by atoms with Gasteiger partial charge in [0.1, 0.15) is 5.82 Å². The van der Waals surface area contributed by atoms with Crippen molar-refractivity contribution in [2.45, 2.75) is 50.7 Å². The van der Waals surface area contributed by atoms with E-state index in [2.05, 4.69) is 22.1 Å². The van der Waals surface area contributed by atoms with Crippen molar-refractivity contribution >= 4 is 6.03 Å². The van der Waals surface area contributed by atoms with E-state index in [9.17, 15) is 14.3 Å². The average molecular weight is 450 g/mol. The molecule has 2 N–H and O–H groups in total. The summed E-state index contributed by atoms with van der Waals surface area (Å²) in [5.74, 6) is 5.76. The maximum absolute atomic E-state index is 13.8. The van der Waals surface area contributed by atoms with Gasteiger partial charge in [-0.1, -0.05) is 36.1 Å². The van der Waals surface area contributed by atoms with Crippen LogP contribution in [0.3, 0.4) is 0 Å². The van der Waals surface area contributed by atoms with Crippen molar-refractivity contribution in [3.8, 4) is 11.8 Å². The molecule has 2 fully saturated rings. The van der Waals surface area contributed by atoms with Gasteiger partial charge in [-0.2, -0.15) is 0 Å². The van der Waals surface area contributed by atoms with Gasteiger partial charge in [-0.05, 0) is 63.1 Å².